The first-order valence-electron chi connectivity index (χ1n) is 6.16. The number of aliphatic hydroxyl groups excluding tert-OH is 1. The summed E-state index contributed by atoms with van der Waals surface area (Å²) in [6, 6.07) is 3.40. The van der Waals surface area contributed by atoms with Crippen LogP contribution in [-0.4, -0.2) is 23.8 Å². The predicted octanol–water partition coefficient (Wildman–Crippen LogP) is 2.93. The maximum absolute atomic E-state index is 10.3. The van der Waals surface area contributed by atoms with Crippen molar-refractivity contribution in [1.82, 2.24) is 5.32 Å². The number of ether oxygens (including phenoxy) is 1. The van der Waals surface area contributed by atoms with E-state index in [4.69, 9.17) is 27.9 Å². The lowest BCUT2D eigenvalue weighted by Crippen LogP contribution is -2.49. The van der Waals surface area contributed by atoms with Crippen molar-refractivity contribution in [3.8, 4) is 5.75 Å². The molecule has 0 radical (unpaired) electrons. The van der Waals surface area contributed by atoms with Gasteiger partial charge in [-0.1, -0.05) is 23.2 Å². The number of rotatable bonds is 0. The zero-order valence-corrected chi connectivity index (χ0v) is 11.4. The van der Waals surface area contributed by atoms with Crippen molar-refractivity contribution < 1.29 is 9.84 Å². The molecule has 0 bridgehead atoms. The Bertz CT molecular complexity index is 472. The van der Waals surface area contributed by atoms with Gasteiger partial charge in [0.25, 0.3) is 0 Å². The molecule has 2 N–H and O–H groups in total. The number of benzene rings is 1. The molecule has 2 aliphatic heterocycles. The summed E-state index contributed by atoms with van der Waals surface area (Å²) in [6.07, 6.45) is 1.84. The SMILES string of the molecule is OC1CC2(CCNCC2)Oc2c(Cl)cc(Cl)cc21. The summed E-state index contributed by atoms with van der Waals surface area (Å²) in [5.41, 5.74) is 0.423. The number of fused-ring (bicyclic) bond motifs is 1. The van der Waals surface area contributed by atoms with Gasteiger partial charge < -0.3 is 15.2 Å². The molecule has 1 aromatic rings. The molecular weight excluding hydrogens is 273 g/mol. The van der Waals surface area contributed by atoms with E-state index >= 15 is 0 Å². The highest BCUT2D eigenvalue weighted by Gasteiger charge is 2.42. The molecule has 5 heteroatoms. The fraction of sp³-hybridized carbons (Fsp3) is 0.538. The van der Waals surface area contributed by atoms with E-state index in [9.17, 15) is 5.11 Å². The number of piperidine rings is 1. The van der Waals surface area contributed by atoms with Gasteiger partial charge in [-0.2, -0.15) is 0 Å². The van der Waals surface area contributed by atoms with Gasteiger partial charge in [0.05, 0.1) is 11.1 Å². The number of nitrogens with one attached hydrogen (secondary N) is 1. The first-order valence-corrected chi connectivity index (χ1v) is 6.92. The van der Waals surface area contributed by atoms with E-state index < -0.39 is 6.10 Å². The van der Waals surface area contributed by atoms with Crippen LogP contribution in [-0.2, 0) is 0 Å². The summed E-state index contributed by atoms with van der Waals surface area (Å²) < 4.78 is 6.13. The molecule has 0 amide bonds. The summed E-state index contributed by atoms with van der Waals surface area (Å²) in [6.45, 7) is 1.82. The first-order chi connectivity index (χ1) is 8.60. The van der Waals surface area contributed by atoms with Crippen LogP contribution in [0.15, 0.2) is 12.1 Å². The molecular formula is C13H15Cl2NO2. The average molecular weight is 288 g/mol. The maximum atomic E-state index is 10.3. The minimum atomic E-state index is -0.553. The largest absolute Gasteiger partial charge is 0.485 e. The number of hydrogen-bond acceptors (Lipinski definition) is 3. The lowest BCUT2D eigenvalue weighted by atomic mass is 9.82. The van der Waals surface area contributed by atoms with E-state index in [1.54, 1.807) is 12.1 Å². The molecule has 1 aromatic carbocycles. The molecule has 1 unspecified atom stereocenters. The summed E-state index contributed by atoms with van der Waals surface area (Å²) >= 11 is 12.1. The van der Waals surface area contributed by atoms with Crippen LogP contribution in [0.25, 0.3) is 0 Å². The molecule has 2 aliphatic rings. The molecule has 1 saturated heterocycles. The predicted molar refractivity (Wildman–Crippen MR) is 71.5 cm³/mol. The van der Waals surface area contributed by atoms with Gasteiger partial charge in [0.2, 0.25) is 0 Å². The van der Waals surface area contributed by atoms with E-state index in [1.807, 2.05) is 0 Å². The molecule has 2 heterocycles. The van der Waals surface area contributed by atoms with Crippen molar-refractivity contribution in [3.63, 3.8) is 0 Å². The third-order valence-corrected chi connectivity index (χ3v) is 4.29. The van der Waals surface area contributed by atoms with Gasteiger partial charge in [-0.05, 0) is 38.1 Å². The van der Waals surface area contributed by atoms with Gasteiger partial charge in [0.1, 0.15) is 11.4 Å². The molecule has 0 saturated carbocycles. The van der Waals surface area contributed by atoms with Crippen LogP contribution in [0.1, 0.15) is 30.9 Å². The van der Waals surface area contributed by atoms with Gasteiger partial charge >= 0.3 is 0 Å². The van der Waals surface area contributed by atoms with E-state index in [-0.39, 0.29) is 5.60 Å². The first kappa shape index (κ1) is 12.5. The molecule has 1 fully saturated rings. The summed E-state index contributed by atoms with van der Waals surface area (Å²) in [5.74, 6) is 0.599. The quantitative estimate of drug-likeness (QED) is 0.771. The second-order valence-corrected chi connectivity index (χ2v) is 5.90. The number of halogens is 2. The highest BCUT2D eigenvalue weighted by Crippen LogP contribution is 2.47. The van der Waals surface area contributed by atoms with E-state index in [0.717, 1.165) is 25.9 Å². The van der Waals surface area contributed by atoms with Gasteiger partial charge in [0.15, 0.2) is 0 Å². The zero-order valence-electron chi connectivity index (χ0n) is 9.88. The Morgan fingerprint density at radius 3 is 2.72 bits per heavy atom. The normalized spacial score (nSPS) is 25.6. The third kappa shape index (κ3) is 2.10. The van der Waals surface area contributed by atoms with Crippen molar-refractivity contribution in [2.45, 2.75) is 31.0 Å². The standard InChI is InChI=1S/C13H15Cl2NO2/c14-8-5-9-11(17)7-13(1-3-16-4-2-13)18-12(9)10(15)6-8/h5-6,11,16-17H,1-4,7H2. The van der Waals surface area contributed by atoms with Crippen molar-refractivity contribution in [2.24, 2.45) is 0 Å². The number of aliphatic hydroxyl groups is 1. The molecule has 3 nitrogen and oxygen atoms in total. The number of hydrogen-bond donors (Lipinski definition) is 2. The highest BCUT2D eigenvalue weighted by atomic mass is 35.5. The van der Waals surface area contributed by atoms with Crippen LogP contribution in [0.5, 0.6) is 5.75 Å². The van der Waals surface area contributed by atoms with Crippen molar-refractivity contribution in [1.29, 1.82) is 0 Å². The van der Waals surface area contributed by atoms with Crippen LogP contribution in [0.3, 0.4) is 0 Å². The maximum Gasteiger partial charge on any atom is 0.144 e. The Morgan fingerprint density at radius 2 is 2.00 bits per heavy atom. The van der Waals surface area contributed by atoms with Crippen LogP contribution in [0, 0.1) is 0 Å². The molecule has 18 heavy (non-hydrogen) atoms. The highest BCUT2D eigenvalue weighted by molar-refractivity contribution is 6.35. The third-order valence-electron chi connectivity index (χ3n) is 3.79. The summed E-state index contributed by atoms with van der Waals surface area (Å²) in [5, 5.41) is 14.6. The van der Waals surface area contributed by atoms with Crippen molar-refractivity contribution in [3.05, 3.63) is 27.7 Å². The fourth-order valence-electron chi connectivity index (χ4n) is 2.84. The van der Waals surface area contributed by atoms with Crippen LogP contribution in [0.2, 0.25) is 10.0 Å². The Hall–Kier alpha value is -0.480. The van der Waals surface area contributed by atoms with E-state index in [2.05, 4.69) is 5.32 Å². The van der Waals surface area contributed by atoms with Gasteiger partial charge in [0, 0.05) is 17.0 Å². The zero-order chi connectivity index (χ0) is 12.8. The second-order valence-electron chi connectivity index (χ2n) is 5.06. The Kier molecular flexibility index (Phi) is 3.18. The lowest BCUT2D eigenvalue weighted by Gasteiger charge is -2.43. The topological polar surface area (TPSA) is 41.5 Å². The average Bonchev–Trinajstić information content (AvgIpc) is 2.32. The molecule has 98 valence electrons. The Balaban J connectivity index is 2.01. The van der Waals surface area contributed by atoms with E-state index in [0.29, 0.717) is 27.8 Å². The van der Waals surface area contributed by atoms with Crippen molar-refractivity contribution in [2.75, 3.05) is 13.1 Å². The van der Waals surface area contributed by atoms with Crippen molar-refractivity contribution >= 4 is 23.2 Å². The fourth-order valence-corrected chi connectivity index (χ4v) is 3.39. The molecule has 1 spiro atoms. The molecule has 1 atom stereocenters. The Morgan fingerprint density at radius 1 is 1.28 bits per heavy atom. The van der Waals surface area contributed by atoms with Gasteiger partial charge in [-0.3, -0.25) is 0 Å². The molecule has 0 aromatic heterocycles. The lowest BCUT2D eigenvalue weighted by molar-refractivity contribution is -0.0335. The minimum Gasteiger partial charge on any atom is -0.485 e. The van der Waals surface area contributed by atoms with Crippen LogP contribution >= 0.6 is 23.2 Å². The minimum absolute atomic E-state index is 0.283. The Labute approximate surface area is 116 Å². The van der Waals surface area contributed by atoms with Gasteiger partial charge in [-0.15, -0.1) is 0 Å². The molecule has 3 rings (SSSR count). The second kappa shape index (κ2) is 4.57. The summed E-state index contributed by atoms with van der Waals surface area (Å²) in [4.78, 5) is 0. The summed E-state index contributed by atoms with van der Waals surface area (Å²) in [7, 11) is 0. The molecule has 0 aliphatic carbocycles. The smallest absolute Gasteiger partial charge is 0.144 e. The van der Waals surface area contributed by atoms with Crippen LogP contribution < -0.4 is 10.1 Å². The monoisotopic (exact) mass is 287 g/mol. The van der Waals surface area contributed by atoms with Crippen LogP contribution in [0.4, 0.5) is 0 Å². The van der Waals surface area contributed by atoms with Gasteiger partial charge in [-0.25, -0.2) is 0 Å². The van der Waals surface area contributed by atoms with E-state index in [1.165, 1.54) is 0 Å².